The summed E-state index contributed by atoms with van der Waals surface area (Å²) in [5.74, 6) is 1.47. The van der Waals surface area contributed by atoms with Crippen molar-refractivity contribution < 1.29 is 5.11 Å². The first-order valence-corrected chi connectivity index (χ1v) is 5.24. The summed E-state index contributed by atoms with van der Waals surface area (Å²) in [5, 5.41) is 17.0. The van der Waals surface area contributed by atoms with Crippen molar-refractivity contribution in [2.75, 3.05) is 0 Å². The molecular formula is C12H15N3O. The Hall–Kier alpha value is -1.68. The molecule has 16 heavy (non-hydrogen) atoms. The Morgan fingerprint density at radius 1 is 1.25 bits per heavy atom. The molecule has 84 valence electrons. The molecule has 1 heterocycles. The normalized spacial score (nSPS) is 10.7. The van der Waals surface area contributed by atoms with Crippen molar-refractivity contribution in [2.24, 2.45) is 7.05 Å². The first-order chi connectivity index (χ1) is 7.70. The van der Waals surface area contributed by atoms with Gasteiger partial charge in [0.15, 0.2) is 5.82 Å². The van der Waals surface area contributed by atoms with Crippen LogP contribution in [0.4, 0.5) is 0 Å². The molecule has 1 aromatic heterocycles. The smallest absolute Gasteiger partial charge is 0.158 e. The van der Waals surface area contributed by atoms with Crippen molar-refractivity contribution in [3.8, 4) is 0 Å². The fourth-order valence-corrected chi connectivity index (χ4v) is 1.69. The molecule has 4 heteroatoms. The molecule has 0 aliphatic rings. The van der Waals surface area contributed by atoms with Gasteiger partial charge in [-0.15, -0.1) is 10.2 Å². The fourth-order valence-electron chi connectivity index (χ4n) is 1.69. The molecule has 0 fully saturated rings. The predicted molar refractivity (Wildman–Crippen MR) is 60.9 cm³/mol. The van der Waals surface area contributed by atoms with Crippen LogP contribution in [0.1, 0.15) is 22.8 Å². The van der Waals surface area contributed by atoms with Crippen LogP contribution in [0.15, 0.2) is 24.3 Å². The molecule has 0 amide bonds. The summed E-state index contributed by atoms with van der Waals surface area (Å²) in [5.41, 5.74) is 2.45. The maximum Gasteiger partial charge on any atom is 0.158 e. The van der Waals surface area contributed by atoms with E-state index in [1.165, 1.54) is 11.1 Å². The molecule has 0 saturated heterocycles. The van der Waals surface area contributed by atoms with Gasteiger partial charge in [-0.3, -0.25) is 0 Å². The zero-order valence-corrected chi connectivity index (χ0v) is 9.51. The van der Waals surface area contributed by atoms with E-state index in [4.69, 9.17) is 5.11 Å². The number of hydrogen-bond acceptors (Lipinski definition) is 3. The van der Waals surface area contributed by atoms with Crippen LogP contribution in [0.3, 0.4) is 0 Å². The highest BCUT2D eigenvalue weighted by atomic mass is 16.3. The molecule has 1 N–H and O–H groups in total. The van der Waals surface area contributed by atoms with Crippen molar-refractivity contribution in [1.29, 1.82) is 0 Å². The van der Waals surface area contributed by atoms with Gasteiger partial charge in [-0.1, -0.05) is 29.8 Å². The van der Waals surface area contributed by atoms with Crippen LogP contribution >= 0.6 is 0 Å². The molecule has 2 aromatic rings. The van der Waals surface area contributed by atoms with E-state index >= 15 is 0 Å². The third-order valence-electron chi connectivity index (χ3n) is 2.64. The lowest BCUT2D eigenvalue weighted by atomic mass is 10.1. The highest BCUT2D eigenvalue weighted by molar-refractivity contribution is 5.24. The Kier molecular flexibility index (Phi) is 3.01. The Morgan fingerprint density at radius 2 is 2.00 bits per heavy atom. The molecule has 1 aromatic carbocycles. The first-order valence-electron chi connectivity index (χ1n) is 5.24. The summed E-state index contributed by atoms with van der Waals surface area (Å²) >= 11 is 0. The van der Waals surface area contributed by atoms with E-state index in [0.29, 0.717) is 5.82 Å². The third kappa shape index (κ3) is 2.12. The Balaban J connectivity index is 2.24. The van der Waals surface area contributed by atoms with Crippen LogP contribution in [0.25, 0.3) is 0 Å². The molecule has 0 aliphatic carbocycles. The lowest BCUT2D eigenvalue weighted by molar-refractivity contribution is 0.266. The van der Waals surface area contributed by atoms with Crippen molar-refractivity contribution in [3.63, 3.8) is 0 Å². The summed E-state index contributed by atoms with van der Waals surface area (Å²) in [6.07, 6.45) is 0.741. The van der Waals surface area contributed by atoms with Crippen LogP contribution in [-0.4, -0.2) is 19.9 Å². The Labute approximate surface area is 94.6 Å². The van der Waals surface area contributed by atoms with E-state index < -0.39 is 0 Å². The van der Waals surface area contributed by atoms with Gasteiger partial charge in [0.25, 0.3) is 0 Å². The molecule has 0 unspecified atom stereocenters. The minimum Gasteiger partial charge on any atom is -0.388 e. The molecule has 0 aliphatic heterocycles. The van der Waals surface area contributed by atoms with Gasteiger partial charge < -0.3 is 9.67 Å². The van der Waals surface area contributed by atoms with E-state index in [-0.39, 0.29) is 6.61 Å². The Morgan fingerprint density at radius 3 is 2.62 bits per heavy atom. The second kappa shape index (κ2) is 4.45. The van der Waals surface area contributed by atoms with Crippen molar-refractivity contribution in [1.82, 2.24) is 14.8 Å². The molecular weight excluding hydrogens is 202 g/mol. The highest BCUT2D eigenvalue weighted by Crippen LogP contribution is 2.10. The van der Waals surface area contributed by atoms with Gasteiger partial charge in [0.2, 0.25) is 0 Å². The number of rotatable bonds is 3. The van der Waals surface area contributed by atoms with E-state index in [0.717, 1.165) is 12.2 Å². The molecule has 0 bridgehead atoms. The maximum atomic E-state index is 9.02. The van der Waals surface area contributed by atoms with E-state index in [1.54, 1.807) is 0 Å². The lowest BCUT2D eigenvalue weighted by Crippen LogP contribution is -2.03. The van der Waals surface area contributed by atoms with Crippen LogP contribution in [0.5, 0.6) is 0 Å². The molecule has 0 spiro atoms. The summed E-state index contributed by atoms with van der Waals surface area (Å²) < 4.78 is 1.84. The predicted octanol–water partition coefficient (Wildman–Crippen LogP) is 1.21. The molecule has 0 radical (unpaired) electrons. The standard InChI is InChI=1S/C12H15N3O/c1-9-4-3-5-10(6-9)7-11-13-14-12(8-16)15(11)2/h3-6,16H,7-8H2,1-2H3. The van der Waals surface area contributed by atoms with Crippen LogP contribution in [0.2, 0.25) is 0 Å². The summed E-state index contributed by atoms with van der Waals surface area (Å²) in [4.78, 5) is 0. The van der Waals surface area contributed by atoms with Crippen LogP contribution in [0, 0.1) is 6.92 Å². The van der Waals surface area contributed by atoms with Gasteiger partial charge in [0, 0.05) is 13.5 Å². The minimum atomic E-state index is -0.0721. The minimum absolute atomic E-state index is 0.0721. The highest BCUT2D eigenvalue weighted by Gasteiger charge is 2.07. The second-order valence-electron chi connectivity index (χ2n) is 3.92. The first kappa shape index (κ1) is 10.8. The number of aliphatic hydroxyl groups is 1. The van der Waals surface area contributed by atoms with Gasteiger partial charge in [0.05, 0.1) is 0 Å². The summed E-state index contributed by atoms with van der Waals surface area (Å²) in [7, 11) is 1.87. The summed E-state index contributed by atoms with van der Waals surface area (Å²) in [6.45, 7) is 2.00. The van der Waals surface area contributed by atoms with E-state index in [9.17, 15) is 0 Å². The number of aromatic nitrogens is 3. The van der Waals surface area contributed by atoms with E-state index in [1.807, 2.05) is 17.7 Å². The lowest BCUT2D eigenvalue weighted by Gasteiger charge is -2.03. The van der Waals surface area contributed by atoms with Gasteiger partial charge in [-0.2, -0.15) is 0 Å². The van der Waals surface area contributed by atoms with E-state index in [2.05, 4.69) is 35.3 Å². The quantitative estimate of drug-likeness (QED) is 0.840. The zero-order valence-electron chi connectivity index (χ0n) is 9.51. The van der Waals surface area contributed by atoms with Gasteiger partial charge in [-0.05, 0) is 12.5 Å². The van der Waals surface area contributed by atoms with Gasteiger partial charge in [0.1, 0.15) is 12.4 Å². The SMILES string of the molecule is Cc1cccc(Cc2nnc(CO)n2C)c1. The van der Waals surface area contributed by atoms with Crippen LogP contribution < -0.4 is 0 Å². The maximum absolute atomic E-state index is 9.02. The number of nitrogens with zero attached hydrogens (tertiary/aromatic N) is 3. The summed E-state index contributed by atoms with van der Waals surface area (Å²) in [6, 6.07) is 8.31. The third-order valence-corrected chi connectivity index (χ3v) is 2.64. The molecule has 4 nitrogen and oxygen atoms in total. The molecule has 0 atom stereocenters. The molecule has 0 saturated carbocycles. The fraction of sp³-hybridized carbons (Fsp3) is 0.333. The number of aryl methyl sites for hydroxylation is 1. The largest absolute Gasteiger partial charge is 0.388 e. The van der Waals surface area contributed by atoms with Crippen LogP contribution in [-0.2, 0) is 20.1 Å². The Bertz CT molecular complexity index is 491. The number of hydrogen-bond donors (Lipinski definition) is 1. The van der Waals surface area contributed by atoms with Crippen molar-refractivity contribution in [3.05, 3.63) is 47.0 Å². The number of aliphatic hydroxyl groups excluding tert-OH is 1. The number of benzene rings is 1. The zero-order chi connectivity index (χ0) is 11.5. The average Bonchev–Trinajstić information content (AvgIpc) is 2.60. The van der Waals surface area contributed by atoms with Gasteiger partial charge >= 0.3 is 0 Å². The topological polar surface area (TPSA) is 50.9 Å². The van der Waals surface area contributed by atoms with Gasteiger partial charge in [-0.25, -0.2) is 0 Å². The van der Waals surface area contributed by atoms with Crippen molar-refractivity contribution in [2.45, 2.75) is 20.0 Å². The van der Waals surface area contributed by atoms with Crippen molar-refractivity contribution >= 4 is 0 Å². The average molecular weight is 217 g/mol. The second-order valence-corrected chi connectivity index (χ2v) is 3.92. The monoisotopic (exact) mass is 217 g/mol. The molecule has 2 rings (SSSR count).